The van der Waals surface area contributed by atoms with Crippen LogP contribution in [-0.4, -0.2) is 16.3 Å². The molecule has 4 aromatic rings. The van der Waals surface area contributed by atoms with Crippen molar-refractivity contribution in [2.24, 2.45) is 0 Å². The van der Waals surface area contributed by atoms with Gasteiger partial charge in [-0.15, -0.1) is 24.5 Å². The van der Waals surface area contributed by atoms with Crippen LogP contribution < -0.4 is 4.74 Å². The minimum absolute atomic E-state index is 0.230. The highest BCUT2D eigenvalue weighted by molar-refractivity contribution is 7.99. The van der Waals surface area contributed by atoms with Crippen LogP contribution in [0.4, 0.5) is 13.2 Å². The van der Waals surface area contributed by atoms with Crippen LogP contribution in [0.25, 0.3) is 21.3 Å². The normalized spacial score (nSPS) is 12.4. The maximum atomic E-state index is 12.9. The zero-order chi connectivity index (χ0) is 24.0. The van der Waals surface area contributed by atoms with Crippen LogP contribution in [0, 0.1) is 0 Å². The van der Waals surface area contributed by atoms with E-state index in [-0.39, 0.29) is 11.2 Å². The van der Waals surface area contributed by atoms with Crippen LogP contribution in [0.15, 0.2) is 58.7 Å². The average molecular weight is 529 g/mol. The number of thiophene rings is 1. The maximum absolute atomic E-state index is 12.9. The Labute approximate surface area is 206 Å². The molecular weight excluding hydrogens is 512 g/mol. The molecule has 0 spiro atoms. The standard InChI is InChI=1S/C23H17Cl2F3N2OS2/c1-22(2,3)19-17(12-8-9-13(24)14(25)10-12)18-20(29-11-30-21(18)33-19)32-16-7-5-4-6-15(16)31-23(26,27)28/h4-11H,1-3H3. The Bertz CT molecular complexity index is 1330. The monoisotopic (exact) mass is 528 g/mol. The smallest absolute Gasteiger partial charge is 0.405 e. The highest BCUT2D eigenvalue weighted by Crippen LogP contribution is 2.49. The number of halogens is 5. The van der Waals surface area contributed by atoms with Crippen LogP contribution >= 0.6 is 46.3 Å². The summed E-state index contributed by atoms with van der Waals surface area (Å²) in [7, 11) is 0. The van der Waals surface area contributed by atoms with E-state index < -0.39 is 6.36 Å². The van der Waals surface area contributed by atoms with Gasteiger partial charge in [-0.2, -0.15) is 0 Å². The van der Waals surface area contributed by atoms with Crippen molar-refractivity contribution in [3.8, 4) is 16.9 Å². The molecule has 172 valence electrons. The minimum Gasteiger partial charge on any atom is -0.405 e. The SMILES string of the molecule is CC(C)(C)c1sc2ncnc(Sc3ccccc3OC(F)(F)F)c2c1-c1ccc(Cl)c(Cl)c1. The number of ether oxygens (including phenoxy) is 1. The van der Waals surface area contributed by atoms with Crippen molar-refractivity contribution in [1.82, 2.24) is 9.97 Å². The lowest BCUT2D eigenvalue weighted by molar-refractivity contribution is -0.275. The van der Waals surface area contributed by atoms with E-state index in [1.807, 2.05) is 6.07 Å². The van der Waals surface area contributed by atoms with E-state index in [1.165, 1.54) is 29.8 Å². The fourth-order valence-electron chi connectivity index (χ4n) is 3.29. The van der Waals surface area contributed by atoms with Crippen LogP contribution in [0.3, 0.4) is 0 Å². The molecular formula is C23H17Cl2F3N2OS2. The van der Waals surface area contributed by atoms with Gasteiger partial charge in [0.15, 0.2) is 0 Å². The Morgan fingerprint density at radius 2 is 1.70 bits per heavy atom. The summed E-state index contributed by atoms with van der Waals surface area (Å²) in [5.74, 6) is -0.288. The molecule has 10 heteroatoms. The molecule has 0 bridgehead atoms. The summed E-state index contributed by atoms with van der Waals surface area (Å²) in [6, 6.07) is 11.4. The molecule has 4 rings (SSSR count). The number of fused-ring (bicyclic) bond motifs is 1. The molecule has 0 amide bonds. The summed E-state index contributed by atoms with van der Waals surface area (Å²) in [4.78, 5) is 10.9. The second-order valence-electron chi connectivity index (χ2n) is 8.14. The number of rotatable bonds is 4. The molecule has 0 radical (unpaired) electrons. The lowest BCUT2D eigenvalue weighted by atomic mass is 9.88. The summed E-state index contributed by atoms with van der Waals surface area (Å²) in [5, 5.41) is 2.10. The lowest BCUT2D eigenvalue weighted by Crippen LogP contribution is -2.17. The van der Waals surface area contributed by atoms with Gasteiger partial charge in [-0.25, -0.2) is 9.97 Å². The van der Waals surface area contributed by atoms with Crippen LogP contribution in [0.1, 0.15) is 25.6 Å². The fourth-order valence-corrected chi connectivity index (χ4v) is 5.84. The topological polar surface area (TPSA) is 35.0 Å². The molecule has 0 unspecified atom stereocenters. The second kappa shape index (κ2) is 8.98. The van der Waals surface area contributed by atoms with Crippen molar-refractivity contribution in [2.45, 2.75) is 42.5 Å². The number of para-hydroxylation sites is 1. The van der Waals surface area contributed by atoms with E-state index >= 15 is 0 Å². The fraction of sp³-hybridized carbons (Fsp3) is 0.217. The molecule has 3 nitrogen and oxygen atoms in total. The van der Waals surface area contributed by atoms with E-state index in [0.717, 1.165) is 38.0 Å². The summed E-state index contributed by atoms with van der Waals surface area (Å²) < 4.78 is 43.0. The predicted molar refractivity (Wildman–Crippen MR) is 129 cm³/mol. The molecule has 0 fully saturated rings. The zero-order valence-electron chi connectivity index (χ0n) is 17.6. The van der Waals surface area contributed by atoms with Crippen LogP contribution in [-0.2, 0) is 5.41 Å². The number of nitrogens with zero attached hydrogens (tertiary/aromatic N) is 2. The Morgan fingerprint density at radius 1 is 0.970 bits per heavy atom. The van der Waals surface area contributed by atoms with Crippen molar-refractivity contribution in [1.29, 1.82) is 0 Å². The first kappa shape index (κ1) is 24.1. The van der Waals surface area contributed by atoms with Crippen LogP contribution in [0.5, 0.6) is 5.75 Å². The van der Waals surface area contributed by atoms with E-state index in [9.17, 15) is 13.2 Å². The van der Waals surface area contributed by atoms with Crippen molar-refractivity contribution in [3.05, 3.63) is 63.7 Å². The highest BCUT2D eigenvalue weighted by atomic mass is 35.5. The molecule has 0 aliphatic rings. The van der Waals surface area contributed by atoms with Gasteiger partial charge in [0.05, 0.1) is 20.3 Å². The van der Waals surface area contributed by atoms with Gasteiger partial charge in [0.25, 0.3) is 0 Å². The molecule has 0 aliphatic heterocycles. The Hall–Kier alpha value is -2.00. The first-order valence-corrected chi connectivity index (χ1v) is 12.1. The third kappa shape index (κ3) is 5.24. The molecule has 2 aromatic carbocycles. The third-order valence-corrected chi connectivity index (χ3v) is 7.95. The number of hydrogen-bond donors (Lipinski definition) is 0. The van der Waals surface area contributed by atoms with E-state index in [2.05, 4.69) is 35.5 Å². The van der Waals surface area contributed by atoms with Gasteiger partial charge in [0.2, 0.25) is 0 Å². The largest absolute Gasteiger partial charge is 0.573 e. The molecule has 0 saturated carbocycles. The number of benzene rings is 2. The van der Waals surface area contributed by atoms with Crippen molar-refractivity contribution >= 4 is 56.5 Å². The molecule has 2 heterocycles. The Balaban J connectivity index is 1.94. The quantitative estimate of drug-likeness (QED) is 0.247. The van der Waals surface area contributed by atoms with Gasteiger partial charge in [-0.1, -0.05) is 73.9 Å². The van der Waals surface area contributed by atoms with E-state index in [0.29, 0.717) is 20.0 Å². The zero-order valence-corrected chi connectivity index (χ0v) is 20.8. The van der Waals surface area contributed by atoms with Gasteiger partial charge in [-0.3, -0.25) is 0 Å². The van der Waals surface area contributed by atoms with Gasteiger partial charge >= 0.3 is 6.36 Å². The van der Waals surface area contributed by atoms with E-state index in [4.69, 9.17) is 23.2 Å². The number of aromatic nitrogens is 2. The van der Waals surface area contributed by atoms with Gasteiger partial charge < -0.3 is 4.74 Å². The molecule has 0 aliphatic carbocycles. The second-order valence-corrected chi connectivity index (χ2v) is 11.0. The molecule has 33 heavy (non-hydrogen) atoms. The number of hydrogen-bond acceptors (Lipinski definition) is 5. The third-order valence-electron chi connectivity index (χ3n) is 4.62. The molecule has 0 saturated heterocycles. The number of alkyl halides is 3. The maximum Gasteiger partial charge on any atom is 0.573 e. The van der Waals surface area contributed by atoms with E-state index in [1.54, 1.807) is 24.3 Å². The van der Waals surface area contributed by atoms with Gasteiger partial charge in [0.1, 0.15) is 21.9 Å². The summed E-state index contributed by atoms with van der Waals surface area (Å²) >= 11 is 15.1. The van der Waals surface area contributed by atoms with Gasteiger partial charge in [0, 0.05) is 10.4 Å². The average Bonchev–Trinajstić information content (AvgIpc) is 3.12. The highest BCUT2D eigenvalue weighted by Gasteiger charge is 2.33. The predicted octanol–water partition coefficient (Wildman–Crippen LogP) is 9.01. The summed E-state index contributed by atoms with van der Waals surface area (Å²) in [5.41, 5.74) is 1.49. The molecule has 0 atom stereocenters. The molecule has 2 aromatic heterocycles. The summed E-state index contributed by atoms with van der Waals surface area (Å²) in [6.07, 6.45) is -3.38. The van der Waals surface area contributed by atoms with Gasteiger partial charge in [-0.05, 0) is 35.2 Å². The first-order chi connectivity index (χ1) is 15.4. The summed E-state index contributed by atoms with van der Waals surface area (Å²) in [6.45, 7) is 6.27. The first-order valence-electron chi connectivity index (χ1n) is 9.70. The van der Waals surface area contributed by atoms with Crippen LogP contribution in [0.2, 0.25) is 10.0 Å². The lowest BCUT2D eigenvalue weighted by Gasteiger charge is -2.19. The Kier molecular flexibility index (Phi) is 6.57. The van der Waals surface area contributed by atoms with Crippen molar-refractivity contribution in [3.63, 3.8) is 0 Å². The van der Waals surface area contributed by atoms with Crippen molar-refractivity contribution in [2.75, 3.05) is 0 Å². The Morgan fingerprint density at radius 3 is 2.36 bits per heavy atom. The minimum atomic E-state index is -4.80. The van der Waals surface area contributed by atoms with Crippen molar-refractivity contribution < 1.29 is 17.9 Å². The molecule has 0 N–H and O–H groups in total.